The molecule has 0 aromatic heterocycles. The molecule has 7 nitrogen and oxygen atoms in total. The van der Waals surface area contributed by atoms with Crippen LogP contribution in [0.5, 0.6) is 5.75 Å². The number of carbonyl (C=O) groups excluding carboxylic acids is 2. The first kappa shape index (κ1) is 18.5. The number of urea groups is 1. The Morgan fingerprint density at radius 3 is 2.42 bits per heavy atom. The quantitative estimate of drug-likeness (QED) is 0.893. The maximum Gasteiger partial charge on any atom is 0.338 e. The van der Waals surface area contributed by atoms with E-state index in [1.807, 2.05) is 5.01 Å². The van der Waals surface area contributed by atoms with Crippen LogP contribution in [0.1, 0.15) is 13.8 Å². The Balaban J connectivity index is 1.93. The number of imide groups is 1. The van der Waals surface area contributed by atoms with Gasteiger partial charge in [-0.25, -0.2) is 9.80 Å². The number of amides is 3. The van der Waals surface area contributed by atoms with Gasteiger partial charge in [0.05, 0.1) is 13.2 Å². The third-order valence-electron chi connectivity index (χ3n) is 3.66. The molecule has 1 aromatic carbocycles. The van der Waals surface area contributed by atoms with Gasteiger partial charge in [-0.1, -0.05) is 11.6 Å². The highest BCUT2D eigenvalue weighted by atomic mass is 35.5. The number of rotatable bonds is 4. The van der Waals surface area contributed by atoms with E-state index in [-0.39, 0.29) is 0 Å². The Morgan fingerprint density at radius 2 is 1.83 bits per heavy atom. The first-order valence-corrected chi connectivity index (χ1v) is 8.04. The van der Waals surface area contributed by atoms with Crippen LogP contribution in [0.15, 0.2) is 24.3 Å². The molecule has 24 heavy (non-hydrogen) atoms. The topological polar surface area (TPSA) is 71.1 Å². The van der Waals surface area contributed by atoms with Crippen molar-refractivity contribution in [3.8, 4) is 5.75 Å². The Kier molecular flexibility index (Phi) is 6.04. The van der Waals surface area contributed by atoms with Crippen molar-refractivity contribution in [1.82, 2.24) is 15.3 Å². The summed E-state index contributed by atoms with van der Waals surface area (Å²) in [6.07, 6.45) is 0. The summed E-state index contributed by atoms with van der Waals surface area (Å²) in [6.45, 7) is 5.50. The maximum atomic E-state index is 12.4. The number of nitrogens with zero attached hydrogens (tertiary/aromatic N) is 2. The highest BCUT2D eigenvalue weighted by Crippen LogP contribution is 2.21. The molecule has 0 saturated carbocycles. The van der Waals surface area contributed by atoms with Crippen LogP contribution >= 0.6 is 11.6 Å². The molecule has 0 spiro atoms. The first-order chi connectivity index (χ1) is 11.3. The third-order valence-corrected chi connectivity index (χ3v) is 3.91. The van der Waals surface area contributed by atoms with Gasteiger partial charge in [0.1, 0.15) is 5.75 Å². The van der Waals surface area contributed by atoms with Crippen molar-refractivity contribution < 1.29 is 19.1 Å². The number of hydrogen-bond donors (Lipinski definition) is 1. The maximum absolute atomic E-state index is 12.4. The SMILES string of the molecule is CN(C(=O)NC(=O)C(C)(C)Oc1ccc(Cl)cc1)N1CCOCC1. The summed E-state index contributed by atoms with van der Waals surface area (Å²) in [5, 5.41) is 6.15. The minimum atomic E-state index is -1.21. The molecule has 1 N–H and O–H groups in total. The molecule has 1 aliphatic rings. The van der Waals surface area contributed by atoms with Crippen LogP contribution in [-0.4, -0.2) is 60.9 Å². The lowest BCUT2D eigenvalue weighted by atomic mass is 10.1. The van der Waals surface area contributed by atoms with Crippen molar-refractivity contribution in [2.75, 3.05) is 33.4 Å². The van der Waals surface area contributed by atoms with Gasteiger partial charge in [0.25, 0.3) is 5.91 Å². The number of hydrazine groups is 1. The highest BCUT2D eigenvalue weighted by Gasteiger charge is 2.33. The molecule has 1 heterocycles. The summed E-state index contributed by atoms with van der Waals surface area (Å²) in [5.74, 6) is -0.0314. The highest BCUT2D eigenvalue weighted by molar-refractivity contribution is 6.30. The van der Waals surface area contributed by atoms with Gasteiger partial charge in [0, 0.05) is 25.2 Å². The van der Waals surface area contributed by atoms with Crippen LogP contribution in [0.2, 0.25) is 5.02 Å². The molecule has 0 radical (unpaired) electrons. The summed E-state index contributed by atoms with van der Waals surface area (Å²) >= 11 is 5.82. The molecule has 0 atom stereocenters. The average molecular weight is 356 g/mol. The van der Waals surface area contributed by atoms with E-state index in [4.69, 9.17) is 21.1 Å². The predicted octanol–water partition coefficient (Wildman–Crippen LogP) is 1.91. The summed E-state index contributed by atoms with van der Waals surface area (Å²) in [5.41, 5.74) is -1.21. The minimum absolute atomic E-state index is 0.494. The number of carbonyl (C=O) groups is 2. The van der Waals surface area contributed by atoms with Crippen molar-refractivity contribution in [3.05, 3.63) is 29.3 Å². The van der Waals surface area contributed by atoms with Gasteiger partial charge in [-0.05, 0) is 38.1 Å². The van der Waals surface area contributed by atoms with Crippen molar-refractivity contribution in [3.63, 3.8) is 0 Å². The van der Waals surface area contributed by atoms with Crippen LogP contribution in [0, 0.1) is 0 Å². The van der Waals surface area contributed by atoms with E-state index in [0.717, 1.165) is 0 Å². The number of halogens is 1. The Bertz CT molecular complexity index is 585. The van der Waals surface area contributed by atoms with Crippen LogP contribution in [0.4, 0.5) is 4.79 Å². The molecule has 8 heteroatoms. The van der Waals surface area contributed by atoms with Crippen LogP contribution in [0.25, 0.3) is 0 Å². The van der Waals surface area contributed by atoms with Crippen LogP contribution < -0.4 is 10.1 Å². The van der Waals surface area contributed by atoms with E-state index < -0.39 is 17.5 Å². The van der Waals surface area contributed by atoms with E-state index >= 15 is 0 Å². The molecular weight excluding hydrogens is 334 g/mol. The average Bonchev–Trinajstić information content (AvgIpc) is 2.56. The summed E-state index contributed by atoms with van der Waals surface area (Å²) < 4.78 is 10.9. The number of ether oxygens (including phenoxy) is 2. The molecule has 0 unspecified atom stereocenters. The molecular formula is C16H22ClN3O4. The lowest BCUT2D eigenvalue weighted by Crippen LogP contribution is -2.57. The van der Waals surface area contributed by atoms with Gasteiger partial charge in [-0.2, -0.15) is 0 Å². The van der Waals surface area contributed by atoms with Gasteiger partial charge in [0.15, 0.2) is 5.60 Å². The zero-order chi connectivity index (χ0) is 17.7. The molecule has 0 bridgehead atoms. The largest absolute Gasteiger partial charge is 0.478 e. The van der Waals surface area contributed by atoms with E-state index in [0.29, 0.717) is 37.1 Å². The molecule has 1 aliphatic heterocycles. The van der Waals surface area contributed by atoms with E-state index in [1.54, 1.807) is 45.2 Å². The number of morpholine rings is 1. The number of benzene rings is 1. The smallest absolute Gasteiger partial charge is 0.338 e. The lowest BCUT2D eigenvalue weighted by Gasteiger charge is -2.35. The summed E-state index contributed by atoms with van der Waals surface area (Å²) in [7, 11) is 1.61. The minimum Gasteiger partial charge on any atom is -0.478 e. The fourth-order valence-electron chi connectivity index (χ4n) is 2.15. The Labute approximate surface area is 146 Å². The van der Waals surface area contributed by atoms with Crippen LogP contribution in [-0.2, 0) is 9.53 Å². The fraction of sp³-hybridized carbons (Fsp3) is 0.500. The summed E-state index contributed by atoms with van der Waals surface area (Å²) in [4.78, 5) is 24.6. The molecule has 132 valence electrons. The van der Waals surface area contributed by atoms with E-state index in [1.165, 1.54) is 5.01 Å². The second-order valence-electron chi connectivity index (χ2n) is 5.92. The first-order valence-electron chi connectivity index (χ1n) is 7.66. The van der Waals surface area contributed by atoms with Crippen LogP contribution in [0.3, 0.4) is 0 Å². The van der Waals surface area contributed by atoms with Crippen molar-refractivity contribution in [2.45, 2.75) is 19.4 Å². The molecule has 1 saturated heterocycles. The van der Waals surface area contributed by atoms with E-state index in [9.17, 15) is 9.59 Å². The second kappa shape index (κ2) is 7.83. The molecule has 3 amide bonds. The molecule has 1 aromatic rings. The normalized spacial score (nSPS) is 15.7. The summed E-state index contributed by atoms with van der Waals surface area (Å²) in [6, 6.07) is 6.16. The van der Waals surface area contributed by atoms with Crippen molar-refractivity contribution >= 4 is 23.5 Å². The van der Waals surface area contributed by atoms with E-state index in [2.05, 4.69) is 5.32 Å². The Morgan fingerprint density at radius 1 is 1.25 bits per heavy atom. The predicted molar refractivity (Wildman–Crippen MR) is 89.9 cm³/mol. The molecule has 2 rings (SSSR count). The van der Waals surface area contributed by atoms with Crippen molar-refractivity contribution in [2.24, 2.45) is 0 Å². The number of hydrogen-bond acceptors (Lipinski definition) is 5. The van der Waals surface area contributed by atoms with Gasteiger partial charge < -0.3 is 9.47 Å². The molecule has 1 fully saturated rings. The van der Waals surface area contributed by atoms with Crippen molar-refractivity contribution in [1.29, 1.82) is 0 Å². The Hall–Kier alpha value is -1.83. The van der Waals surface area contributed by atoms with Gasteiger partial charge in [-0.3, -0.25) is 15.1 Å². The van der Waals surface area contributed by atoms with Gasteiger partial charge >= 0.3 is 6.03 Å². The molecule has 0 aliphatic carbocycles. The lowest BCUT2D eigenvalue weighted by molar-refractivity contribution is -0.133. The fourth-order valence-corrected chi connectivity index (χ4v) is 2.28. The monoisotopic (exact) mass is 355 g/mol. The second-order valence-corrected chi connectivity index (χ2v) is 6.35. The zero-order valence-electron chi connectivity index (χ0n) is 14.0. The zero-order valence-corrected chi connectivity index (χ0v) is 14.8. The third kappa shape index (κ3) is 4.83. The van der Waals surface area contributed by atoms with Gasteiger partial charge in [0.2, 0.25) is 0 Å². The standard InChI is InChI=1S/C16H22ClN3O4/c1-16(2,24-13-6-4-12(17)5-7-13)14(21)18-15(22)19(3)20-8-10-23-11-9-20/h4-7H,8-11H2,1-3H3,(H,18,21,22). The van der Waals surface area contributed by atoms with Gasteiger partial charge in [-0.15, -0.1) is 0 Å². The number of nitrogens with one attached hydrogen (secondary N) is 1.